The average molecular weight is 612 g/mol. The monoisotopic (exact) mass is 611 g/mol. The summed E-state index contributed by atoms with van der Waals surface area (Å²) in [6, 6.07) is 8.23. The van der Waals surface area contributed by atoms with E-state index in [1.165, 1.54) is 36.4 Å². The first-order valence-corrected chi connectivity index (χ1v) is 13.3. The summed E-state index contributed by atoms with van der Waals surface area (Å²) in [5.41, 5.74) is 11.5. The Labute approximate surface area is 252 Å². The van der Waals surface area contributed by atoms with Crippen LogP contribution in [0.3, 0.4) is 0 Å². The van der Waals surface area contributed by atoms with Crippen LogP contribution in [0.2, 0.25) is 0 Å². The Morgan fingerprint density at radius 1 is 0.818 bits per heavy atom. The molecule has 0 atom stereocenters. The van der Waals surface area contributed by atoms with Crippen LogP contribution in [0.1, 0.15) is 51.7 Å². The molecule has 44 heavy (non-hydrogen) atoms. The SMILES string of the molecule is COC(=O)c1ccc(NC(=O)c2ccc(NC(=O)c3ccc(N)c(OCCCN)n3)c(OCC(C)C)n2)c(OCC(=O)O)n1. The van der Waals surface area contributed by atoms with Gasteiger partial charge < -0.3 is 46.2 Å². The number of carboxylic acids is 1. The Morgan fingerprint density at radius 2 is 1.36 bits per heavy atom. The minimum absolute atomic E-state index is 0.00960. The largest absolute Gasteiger partial charge is 0.479 e. The number of rotatable bonds is 15. The summed E-state index contributed by atoms with van der Waals surface area (Å²) >= 11 is 0. The van der Waals surface area contributed by atoms with Crippen LogP contribution in [0, 0.1) is 5.92 Å². The molecule has 0 aromatic carbocycles. The van der Waals surface area contributed by atoms with Crippen molar-refractivity contribution in [1.82, 2.24) is 15.0 Å². The van der Waals surface area contributed by atoms with Crippen LogP contribution in [0.4, 0.5) is 17.1 Å². The molecule has 0 aliphatic heterocycles. The van der Waals surface area contributed by atoms with E-state index < -0.39 is 30.4 Å². The molecule has 16 heteroatoms. The molecule has 0 unspecified atom stereocenters. The summed E-state index contributed by atoms with van der Waals surface area (Å²) < 4.78 is 21.1. The van der Waals surface area contributed by atoms with Gasteiger partial charge in [-0.2, -0.15) is 0 Å². The summed E-state index contributed by atoms with van der Waals surface area (Å²) in [6.07, 6.45) is 0.575. The van der Waals surface area contributed by atoms with Gasteiger partial charge in [-0.1, -0.05) is 13.8 Å². The van der Waals surface area contributed by atoms with Crippen molar-refractivity contribution >= 4 is 40.8 Å². The number of hydrogen-bond acceptors (Lipinski definition) is 13. The van der Waals surface area contributed by atoms with E-state index in [0.717, 1.165) is 7.11 Å². The molecule has 2 amide bonds. The number of carboxylic acid groups (broad SMARTS) is 1. The number of ether oxygens (including phenoxy) is 4. The Kier molecular flexibility index (Phi) is 11.7. The van der Waals surface area contributed by atoms with Gasteiger partial charge in [0.2, 0.25) is 17.6 Å². The van der Waals surface area contributed by atoms with Crippen molar-refractivity contribution in [2.75, 3.05) is 49.8 Å². The van der Waals surface area contributed by atoms with E-state index in [9.17, 15) is 19.2 Å². The number of anilines is 3. The number of hydrogen-bond donors (Lipinski definition) is 5. The number of nitrogens with one attached hydrogen (secondary N) is 2. The van der Waals surface area contributed by atoms with Crippen LogP contribution in [-0.2, 0) is 9.53 Å². The van der Waals surface area contributed by atoms with Crippen LogP contribution in [-0.4, -0.2) is 77.3 Å². The number of aliphatic carboxylic acids is 1. The van der Waals surface area contributed by atoms with Crippen LogP contribution in [0.5, 0.6) is 17.6 Å². The standard InChI is InChI=1S/C28H33N7O9/c1-15(2)13-43-26-19(31-23(38)17-6-5-16(30)25(33-17)42-12-4-11-29)8-7-18(34-26)24(39)32-20-9-10-21(28(40)41-3)35-27(20)44-14-22(36)37/h5-10,15H,4,11-14,29-30H2,1-3H3,(H,31,38)(H,32,39)(H,36,37). The fourth-order valence-electron chi connectivity index (χ4n) is 3.33. The lowest BCUT2D eigenvalue weighted by molar-refractivity contribution is -0.139. The van der Waals surface area contributed by atoms with Gasteiger partial charge in [-0.3, -0.25) is 9.59 Å². The summed E-state index contributed by atoms with van der Waals surface area (Å²) in [4.78, 5) is 61.5. The van der Waals surface area contributed by atoms with Gasteiger partial charge in [-0.15, -0.1) is 0 Å². The molecular weight excluding hydrogens is 578 g/mol. The van der Waals surface area contributed by atoms with E-state index in [1.807, 2.05) is 13.8 Å². The molecule has 3 aromatic heterocycles. The lowest BCUT2D eigenvalue weighted by Gasteiger charge is -2.15. The minimum atomic E-state index is -1.30. The third-order valence-electron chi connectivity index (χ3n) is 5.44. The molecule has 3 aromatic rings. The topological polar surface area (TPSA) is 240 Å². The van der Waals surface area contributed by atoms with Gasteiger partial charge >= 0.3 is 11.9 Å². The molecule has 3 heterocycles. The summed E-state index contributed by atoms with van der Waals surface area (Å²) in [6.45, 7) is 3.93. The zero-order chi connectivity index (χ0) is 32.2. The molecule has 234 valence electrons. The number of nitrogens with zero attached hydrogens (tertiary/aromatic N) is 3. The Morgan fingerprint density at radius 3 is 1.93 bits per heavy atom. The van der Waals surface area contributed by atoms with Crippen LogP contribution in [0.25, 0.3) is 0 Å². The number of pyridine rings is 3. The van der Waals surface area contributed by atoms with Gasteiger partial charge in [0.25, 0.3) is 11.8 Å². The molecule has 0 spiro atoms. The second-order valence-corrected chi connectivity index (χ2v) is 9.47. The Balaban J connectivity index is 1.86. The molecule has 0 saturated heterocycles. The summed E-state index contributed by atoms with van der Waals surface area (Å²) in [5.74, 6) is -3.65. The molecule has 0 saturated carbocycles. The quantitative estimate of drug-likeness (QED) is 0.122. The van der Waals surface area contributed by atoms with Crippen molar-refractivity contribution in [2.24, 2.45) is 11.7 Å². The van der Waals surface area contributed by atoms with Gasteiger partial charge in [-0.05, 0) is 55.3 Å². The van der Waals surface area contributed by atoms with E-state index in [0.29, 0.717) is 13.0 Å². The zero-order valence-corrected chi connectivity index (χ0v) is 24.3. The zero-order valence-electron chi connectivity index (χ0n) is 24.3. The first-order valence-electron chi connectivity index (χ1n) is 13.3. The van der Waals surface area contributed by atoms with Crippen molar-refractivity contribution in [3.8, 4) is 17.6 Å². The molecule has 3 rings (SSSR count). The molecule has 0 bridgehead atoms. The molecule has 0 aliphatic rings. The Hall–Kier alpha value is -5.51. The lowest BCUT2D eigenvalue weighted by Crippen LogP contribution is -2.20. The smallest absolute Gasteiger partial charge is 0.356 e. The van der Waals surface area contributed by atoms with E-state index in [4.69, 9.17) is 30.8 Å². The average Bonchev–Trinajstić information content (AvgIpc) is 3.00. The predicted molar refractivity (Wildman–Crippen MR) is 157 cm³/mol. The van der Waals surface area contributed by atoms with Gasteiger partial charge in [0.05, 0.1) is 26.0 Å². The number of esters is 1. The molecule has 0 fully saturated rings. The van der Waals surface area contributed by atoms with Gasteiger partial charge in [0, 0.05) is 0 Å². The highest BCUT2D eigenvalue weighted by Gasteiger charge is 2.20. The highest BCUT2D eigenvalue weighted by molar-refractivity contribution is 6.06. The summed E-state index contributed by atoms with van der Waals surface area (Å²) in [7, 11) is 1.15. The number of amides is 2. The van der Waals surface area contributed by atoms with Gasteiger partial charge in [-0.25, -0.2) is 24.5 Å². The van der Waals surface area contributed by atoms with Crippen LogP contribution < -0.4 is 36.3 Å². The maximum atomic E-state index is 13.2. The highest BCUT2D eigenvalue weighted by atomic mass is 16.5. The molecular formula is C28H33N7O9. The van der Waals surface area contributed by atoms with Crippen LogP contribution >= 0.6 is 0 Å². The third-order valence-corrected chi connectivity index (χ3v) is 5.44. The van der Waals surface area contributed by atoms with Crippen molar-refractivity contribution in [2.45, 2.75) is 20.3 Å². The van der Waals surface area contributed by atoms with E-state index in [1.54, 1.807) is 0 Å². The van der Waals surface area contributed by atoms with Crippen molar-refractivity contribution in [1.29, 1.82) is 0 Å². The Bertz CT molecular complexity index is 1510. The fraction of sp³-hybridized carbons (Fsp3) is 0.321. The third kappa shape index (κ3) is 9.25. The first-order chi connectivity index (χ1) is 21.0. The second kappa shape index (κ2) is 15.6. The van der Waals surface area contributed by atoms with Gasteiger partial charge in [0.15, 0.2) is 12.3 Å². The maximum Gasteiger partial charge on any atom is 0.356 e. The van der Waals surface area contributed by atoms with E-state index in [2.05, 4.69) is 30.3 Å². The fourth-order valence-corrected chi connectivity index (χ4v) is 3.33. The predicted octanol–water partition coefficient (Wildman–Crippen LogP) is 1.97. The van der Waals surface area contributed by atoms with E-state index in [-0.39, 0.29) is 70.9 Å². The summed E-state index contributed by atoms with van der Waals surface area (Å²) in [5, 5.41) is 14.2. The highest BCUT2D eigenvalue weighted by Crippen LogP contribution is 2.27. The number of carbonyl (C=O) groups excluding carboxylic acids is 3. The number of aromatic nitrogens is 3. The normalized spacial score (nSPS) is 10.6. The lowest BCUT2D eigenvalue weighted by atomic mass is 10.2. The first kappa shape index (κ1) is 33.0. The number of carbonyl (C=O) groups is 4. The number of nitrogens with two attached hydrogens (primary N) is 2. The van der Waals surface area contributed by atoms with E-state index >= 15 is 0 Å². The molecule has 16 nitrogen and oxygen atoms in total. The number of methoxy groups -OCH3 is 1. The van der Waals surface area contributed by atoms with Crippen LogP contribution in [0.15, 0.2) is 36.4 Å². The molecule has 7 N–H and O–H groups in total. The molecule has 0 radical (unpaired) electrons. The molecule has 0 aliphatic carbocycles. The van der Waals surface area contributed by atoms with Gasteiger partial charge in [0.1, 0.15) is 22.8 Å². The maximum absolute atomic E-state index is 13.2. The van der Waals surface area contributed by atoms with Crippen molar-refractivity contribution in [3.63, 3.8) is 0 Å². The second-order valence-electron chi connectivity index (χ2n) is 9.47. The number of nitrogen functional groups attached to an aromatic ring is 1. The van der Waals surface area contributed by atoms with Crippen molar-refractivity contribution in [3.05, 3.63) is 53.5 Å². The minimum Gasteiger partial charge on any atom is -0.479 e. The van der Waals surface area contributed by atoms with Crippen molar-refractivity contribution < 1.29 is 43.2 Å².